The van der Waals surface area contributed by atoms with Gasteiger partial charge in [0.15, 0.2) is 5.84 Å². The van der Waals surface area contributed by atoms with Gasteiger partial charge in [0.1, 0.15) is 5.84 Å². The molecule has 0 bridgehead atoms. The first-order valence-corrected chi connectivity index (χ1v) is 20.3. The molecule has 9 aromatic rings. The molecule has 60 heavy (non-hydrogen) atoms. The summed E-state index contributed by atoms with van der Waals surface area (Å²) in [5, 5.41) is 0. The van der Waals surface area contributed by atoms with Crippen molar-refractivity contribution in [1.29, 1.82) is 0 Å². The molecule has 9 rings (SSSR count). The second-order valence-electron chi connectivity index (χ2n) is 14.8. The van der Waals surface area contributed by atoms with E-state index in [2.05, 4.69) is 200 Å². The Hall–Kier alpha value is -7.88. The molecule has 9 aromatic carbocycles. The molecule has 0 heterocycles. The Bertz CT molecular complexity index is 2950. The summed E-state index contributed by atoms with van der Waals surface area (Å²) in [7, 11) is 0. The van der Waals surface area contributed by atoms with E-state index < -0.39 is 0 Å². The van der Waals surface area contributed by atoms with Gasteiger partial charge >= 0.3 is 0 Å². The van der Waals surface area contributed by atoms with E-state index in [1.807, 2.05) is 36.4 Å². The lowest BCUT2D eigenvalue weighted by Gasteiger charge is -2.13. The molecule has 0 unspecified atom stereocenters. The normalized spacial score (nSPS) is 11.7. The third-order valence-corrected chi connectivity index (χ3v) is 10.8. The molecule has 0 aliphatic carbocycles. The lowest BCUT2D eigenvalue weighted by molar-refractivity contribution is 1.06. The van der Waals surface area contributed by atoms with E-state index in [0.29, 0.717) is 18.2 Å². The van der Waals surface area contributed by atoms with Crippen molar-refractivity contribution in [1.82, 2.24) is 0 Å². The Balaban J connectivity index is 1.10. The Morgan fingerprint density at radius 1 is 0.333 bits per heavy atom. The topological polar surface area (TPSA) is 50.7 Å². The van der Waals surface area contributed by atoms with Crippen molar-refractivity contribution in [3.8, 4) is 66.8 Å². The van der Waals surface area contributed by atoms with Crippen LogP contribution in [0.4, 0.5) is 0 Å². The van der Waals surface area contributed by atoms with Crippen molar-refractivity contribution in [2.45, 2.75) is 6.54 Å². The molecule has 3 nitrogen and oxygen atoms in total. The van der Waals surface area contributed by atoms with Crippen LogP contribution in [0, 0.1) is 0 Å². The van der Waals surface area contributed by atoms with Gasteiger partial charge in [0.05, 0.1) is 6.54 Å². The van der Waals surface area contributed by atoms with E-state index in [9.17, 15) is 0 Å². The van der Waals surface area contributed by atoms with Crippen LogP contribution in [0.2, 0.25) is 0 Å². The van der Waals surface area contributed by atoms with Gasteiger partial charge in [-0.15, -0.1) is 0 Å². The summed E-state index contributed by atoms with van der Waals surface area (Å²) in [5.41, 5.74) is 23.4. The Labute approximate surface area is 352 Å². The highest BCUT2D eigenvalue weighted by Gasteiger charge is 2.13. The van der Waals surface area contributed by atoms with Crippen molar-refractivity contribution in [2.24, 2.45) is 15.7 Å². The third kappa shape index (κ3) is 8.67. The van der Waals surface area contributed by atoms with Crippen molar-refractivity contribution in [3.63, 3.8) is 0 Å². The minimum atomic E-state index is 0.400. The van der Waals surface area contributed by atoms with E-state index in [-0.39, 0.29) is 0 Å². The number of hydrogen-bond donors (Lipinski definition) is 1. The smallest absolute Gasteiger partial charge is 0.157 e. The van der Waals surface area contributed by atoms with Gasteiger partial charge < -0.3 is 5.73 Å². The molecule has 3 heteroatoms. The van der Waals surface area contributed by atoms with E-state index in [1.54, 1.807) is 0 Å². The fourth-order valence-electron chi connectivity index (χ4n) is 7.69. The SMILES string of the molecule is NC(=NC(=NCc1cccc(-c2cccc(-c3ccccc3)c2)c1)c1cccc(-c2cccc(-c3ccccc3)c2)c1)c1ccccc1-c1cccc(-c2ccccc2)c1. The number of aliphatic imine (C=N–C) groups is 2. The van der Waals surface area contributed by atoms with Gasteiger partial charge in [0, 0.05) is 11.1 Å². The van der Waals surface area contributed by atoms with Gasteiger partial charge in [-0.2, -0.15) is 0 Å². The van der Waals surface area contributed by atoms with E-state index in [4.69, 9.17) is 15.7 Å². The van der Waals surface area contributed by atoms with Crippen LogP contribution in [-0.2, 0) is 6.54 Å². The fraction of sp³-hybridized carbons (Fsp3) is 0.0175. The highest BCUT2D eigenvalue weighted by molar-refractivity contribution is 6.13. The molecule has 0 radical (unpaired) electrons. The molecule has 0 amide bonds. The van der Waals surface area contributed by atoms with Gasteiger partial charge in [-0.05, 0) is 103 Å². The quantitative estimate of drug-likeness (QED) is 0.109. The predicted molar refractivity (Wildman–Crippen MR) is 253 cm³/mol. The summed E-state index contributed by atoms with van der Waals surface area (Å²) in [5.74, 6) is 0.968. The predicted octanol–water partition coefficient (Wildman–Crippen LogP) is 14.0. The molecular formula is C57H43N3. The first kappa shape index (κ1) is 37.7. The van der Waals surface area contributed by atoms with Crippen molar-refractivity contribution in [2.75, 3.05) is 0 Å². The molecule has 0 aromatic heterocycles. The maximum Gasteiger partial charge on any atom is 0.157 e. The molecule has 286 valence electrons. The lowest BCUT2D eigenvalue weighted by Crippen LogP contribution is -2.17. The highest BCUT2D eigenvalue weighted by atomic mass is 15.0. The summed E-state index contributed by atoms with van der Waals surface area (Å²) in [6.45, 7) is 0.423. The Morgan fingerprint density at radius 2 is 0.717 bits per heavy atom. The van der Waals surface area contributed by atoms with Crippen molar-refractivity contribution < 1.29 is 0 Å². The van der Waals surface area contributed by atoms with Crippen LogP contribution in [0.25, 0.3) is 66.8 Å². The number of hydrogen-bond acceptors (Lipinski definition) is 1. The summed E-state index contributed by atoms with van der Waals surface area (Å²) in [6, 6.07) is 82.6. The molecular weight excluding hydrogens is 727 g/mol. The van der Waals surface area contributed by atoms with Crippen LogP contribution >= 0.6 is 0 Å². The van der Waals surface area contributed by atoms with Gasteiger partial charge in [-0.1, -0.05) is 206 Å². The second kappa shape index (κ2) is 17.7. The summed E-state index contributed by atoms with van der Waals surface area (Å²) < 4.78 is 0. The maximum atomic E-state index is 7.05. The van der Waals surface area contributed by atoms with Crippen LogP contribution in [0.5, 0.6) is 0 Å². The van der Waals surface area contributed by atoms with Crippen LogP contribution in [0.1, 0.15) is 16.7 Å². The van der Waals surface area contributed by atoms with Crippen molar-refractivity contribution in [3.05, 3.63) is 253 Å². The first-order valence-electron chi connectivity index (χ1n) is 20.3. The standard InChI is InChI=1S/C57H43N3/c58-56(55-34-11-10-33-54(55)52-31-15-27-48(38-52)44-22-8-3-9-23-44)60-57(53-32-16-30-51(39-53)50-29-14-26-47(37-50)43-20-6-2-7-21-43)59-40-41-17-12-24-45(35-41)49-28-13-25-46(36-49)42-18-4-1-5-19-42/h1-39H,40H2,(H2,58,59,60). The maximum absolute atomic E-state index is 7.05. The molecule has 2 N–H and O–H groups in total. The average Bonchev–Trinajstić information content (AvgIpc) is 3.34. The van der Waals surface area contributed by atoms with Crippen LogP contribution in [-0.4, -0.2) is 11.7 Å². The molecule has 0 saturated carbocycles. The lowest BCUT2D eigenvalue weighted by atomic mass is 9.95. The fourth-order valence-corrected chi connectivity index (χ4v) is 7.69. The zero-order valence-electron chi connectivity index (χ0n) is 33.2. The molecule has 0 aliphatic rings. The van der Waals surface area contributed by atoms with E-state index in [1.165, 1.54) is 16.7 Å². The Kier molecular flexibility index (Phi) is 11.1. The van der Waals surface area contributed by atoms with Crippen LogP contribution in [0.3, 0.4) is 0 Å². The average molecular weight is 770 g/mol. The number of benzene rings is 9. The zero-order valence-corrected chi connectivity index (χ0v) is 33.2. The summed E-state index contributed by atoms with van der Waals surface area (Å²) in [4.78, 5) is 10.4. The van der Waals surface area contributed by atoms with Crippen LogP contribution < -0.4 is 5.73 Å². The number of amidine groups is 2. The second-order valence-corrected chi connectivity index (χ2v) is 14.8. The molecule has 0 aliphatic heterocycles. The minimum Gasteiger partial charge on any atom is -0.383 e. The van der Waals surface area contributed by atoms with Gasteiger partial charge in [-0.3, -0.25) is 4.99 Å². The first-order chi connectivity index (χ1) is 29.6. The minimum absolute atomic E-state index is 0.400. The molecule has 0 saturated heterocycles. The molecule has 0 spiro atoms. The van der Waals surface area contributed by atoms with Gasteiger partial charge in [0.2, 0.25) is 0 Å². The van der Waals surface area contributed by atoms with Gasteiger partial charge in [-0.25, -0.2) is 4.99 Å². The van der Waals surface area contributed by atoms with Crippen LogP contribution in [0.15, 0.2) is 247 Å². The summed E-state index contributed by atoms with van der Waals surface area (Å²) >= 11 is 0. The van der Waals surface area contributed by atoms with Crippen molar-refractivity contribution >= 4 is 11.7 Å². The largest absolute Gasteiger partial charge is 0.383 e. The monoisotopic (exact) mass is 769 g/mol. The van der Waals surface area contributed by atoms with E-state index >= 15 is 0 Å². The molecule has 0 fully saturated rings. The third-order valence-electron chi connectivity index (χ3n) is 10.8. The highest BCUT2D eigenvalue weighted by Crippen LogP contribution is 2.31. The molecule has 0 atom stereocenters. The van der Waals surface area contributed by atoms with E-state index in [0.717, 1.165) is 66.8 Å². The zero-order chi connectivity index (χ0) is 40.5. The van der Waals surface area contributed by atoms with Gasteiger partial charge in [0.25, 0.3) is 0 Å². The number of nitrogens with zero attached hydrogens (tertiary/aromatic N) is 2. The summed E-state index contributed by atoms with van der Waals surface area (Å²) in [6.07, 6.45) is 0. The number of nitrogens with two attached hydrogens (primary N) is 1. The number of rotatable bonds is 10. The Morgan fingerprint density at radius 3 is 1.27 bits per heavy atom.